The van der Waals surface area contributed by atoms with Crippen molar-refractivity contribution in [3.63, 3.8) is 0 Å². The van der Waals surface area contributed by atoms with Crippen LogP contribution in [0.5, 0.6) is 17.2 Å². The molecule has 4 N–H and O–H groups in total. The number of aryl methyl sites for hydroxylation is 2. The lowest BCUT2D eigenvalue weighted by Crippen LogP contribution is -2.35. The van der Waals surface area contributed by atoms with E-state index in [0.29, 0.717) is 41.7 Å². The standard InChI is InChI=1S/C22H28N4O5/c1-12-8-14(9-13(2)19(12)31-7-6-24-22(28)23-3)20-25-16-10-15(29-4)11-17(30-5)18(16)21(27)26-20/h8-11,21,27H,6-7H2,1-5H3,(H,25,26)(H2,23,24,28). The highest BCUT2D eigenvalue weighted by Gasteiger charge is 2.26. The zero-order valence-corrected chi connectivity index (χ0v) is 18.3. The summed E-state index contributed by atoms with van der Waals surface area (Å²) in [5.74, 6) is 2.38. The summed E-state index contributed by atoms with van der Waals surface area (Å²) in [6.45, 7) is 4.62. The lowest BCUT2D eigenvalue weighted by atomic mass is 10.0. The lowest BCUT2D eigenvalue weighted by molar-refractivity contribution is 0.157. The maximum absolute atomic E-state index is 11.2. The Labute approximate surface area is 181 Å². The predicted molar refractivity (Wildman–Crippen MR) is 118 cm³/mol. The average Bonchev–Trinajstić information content (AvgIpc) is 2.76. The number of benzene rings is 2. The number of amides is 2. The first-order valence-corrected chi connectivity index (χ1v) is 9.87. The van der Waals surface area contributed by atoms with E-state index in [4.69, 9.17) is 14.2 Å². The maximum atomic E-state index is 11.2. The summed E-state index contributed by atoms with van der Waals surface area (Å²) in [6, 6.07) is 7.11. The fraction of sp³-hybridized carbons (Fsp3) is 0.364. The molecule has 1 aliphatic heterocycles. The molecule has 166 valence electrons. The number of ether oxygens (including phenoxy) is 3. The van der Waals surface area contributed by atoms with Crippen molar-refractivity contribution in [1.82, 2.24) is 16.0 Å². The Morgan fingerprint density at radius 1 is 1.16 bits per heavy atom. The Bertz CT molecular complexity index is 983. The van der Waals surface area contributed by atoms with Crippen LogP contribution in [0.1, 0.15) is 28.5 Å². The van der Waals surface area contributed by atoms with Crippen molar-refractivity contribution in [2.45, 2.75) is 20.1 Å². The Balaban J connectivity index is 1.86. The zero-order valence-electron chi connectivity index (χ0n) is 18.3. The monoisotopic (exact) mass is 428 g/mol. The first-order chi connectivity index (χ1) is 14.9. The lowest BCUT2D eigenvalue weighted by Gasteiger charge is -2.26. The van der Waals surface area contributed by atoms with E-state index in [1.807, 2.05) is 26.0 Å². The number of carbonyl (C=O) groups is 1. The van der Waals surface area contributed by atoms with Crippen molar-refractivity contribution >= 4 is 17.6 Å². The summed E-state index contributed by atoms with van der Waals surface area (Å²) in [5.41, 5.74) is 3.79. The molecule has 0 aromatic heterocycles. The number of nitrogens with one attached hydrogen (secondary N) is 3. The molecular formula is C22H28N4O5. The largest absolute Gasteiger partial charge is 0.497 e. The highest BCUT2D eigenvalue weighted by atomic mass is 16.5. The Kier molecular flexibility index (Phi) is 6.86. The number of nitrogens with zero attached hydrogens (tertiary/aromatic N) is 1. The number of methoxy groups -OCH3 is 2. The van der Waals surface area contributed by atoms with Gasteiger partial charge >= 0.3 is 6.03 Å². The third-order valence-electron chi connectivity index (χ3n) is 4.92. The second-order valence-corrected chi connectivity index (χ2v) is 7.06. The molecule has 31 heavy (non-hydrogen) atoms. The van der Waals surface area contributed by atoms with Gasteiger partial charge in [-0.05, 0) is 37.1 Å². The molecule has 3 rings (SSSR count). The molecule has 0 saturated carbocycles. The maximum Gasteiger partial charge on any atom is 0.314 e. The number of urea groups is 1. The molecular weight excluding hydrogens is 400 g/mol. The van der Waals surface area contributed by atoms with Crippen LogP contribution >= 0.6 is 0 Å². The van der Waals surface area contributed by atoms with E-state index in [-0.39, 0.29) is 6.03 Å². The third kappa shape index (κ3) is 4.83. The van der Waals surface area contributed by atoms with Crippen LogP contribution in [0, 0.1) is 13.8 Å². The number of aliphatic imine (C=N–C) groups is 1. The second kappa shape index (κ2) is 9.57. The highest BCUT2D eigenvalue weighted by molar-refractivity contribution is 6.02. The van der Waals surface area contributed by atoms with Crippen LogP contribution in [0.25, 0.3) is 0 Å². The van der Waals surface area contributed by atoms with Crippen LogP contribution in [0.15, 0.2) is 29.3 Å². The Morgan fingerprint density at radius 2 is 1.87 bits per heavy atom. The summed E-state index contributed by atoms with van der Waals surface area (Å²) < 4.78 is 16.6. The van der Waals surface area contributed by atoms with Crippen LogP contribution in [0.3, 0.4) is 0 Å². The van der Waals surface area contributed by atoms with Crippen LogP contribution in [0.2, 0.25) is 0 Å². The first kappa shape index (κ1) is 22.2. The predicted octanol–water partition coefficient (Wildman–Crippen LogP) is 2.30. The van der Waals surface area contributed by atoms with Crippen LogP contribution < -0.4 is 30.2 Å². The summed E-state index contributed by atoms with van der Waals surface area (Å²) in [4.78, 5) is 15.9. The normalized spacial score (nSPS) is 14.6. The van der Waals surface area contributed by atoms with E-state index in [2.05, 4.69) is 20.9 Å². The quantitative estimate of drug-likeness (QED) is 0.504. The molecule has 0 aliphatic carbocycles. The third-order valence-corrected chi connectivity index (χ3v) is 4.92. The number of aliphatic hydroxyl groups excluding tert-OH is 1. The van der Waals surface area contributed by atoms with Gasteiger partial charge in [0.15, 0.2) is 6.23 Å². The number of fused-ring (bicyclic) bond motifs is 1. The van der Waals surface area contributed by atoms with Crippen LogP contribution in [-0.2, 0) is 0 Å². The molecule has 2 aromatic rings. The van der Waals surface area contributed by atoms with Gasteiger partial charge in [0.1, 0.15) is 29.7 Å². The van der Waals surface area contributed by atoms with E-state index in [1.165, 1.54) is 7.11 Å². The van der Waals surface area contributed by atoms with Crippen molar-refractivity contribution in [2.24, 2.45) is 4.99 Å². The molecule has 1 unspecified atom stereocenters. The summed E-state index contributed by atoms with van der Waals surface area (Å²) in [6.07, 6.45) is -0.976. The molecule has 9 nitrogen and oxygen atoms in total. The number of aliphatic hydroxyl groups is 1. The van der Waals surface area contributed by atoms with Gasteiger partial charge in [0.2, 0.25) is 0 Å². The Morgan fingerprint density at radius 3 is 2.48 bits per heavy atom. The van der Waals surface area contributed by atoms with Gasteiger partial charge in [-0.2, -0.15) is 0 Å². The van der Waals surface area contributed by atoms with Gasteiger partial charge < -0.3 is 35.3 Å². The smallest absolute Gasteiger partial charge is 0.314 e. The second-order valence-electron chi connectivity index (χ2n) is 7.06. The van der Waals surface area contributed by atoms with Crippen molar-refractivity contribution in [2.75, 3.05) is 34.4 Å². The molecule has 9 heteroatoms. The molecule has 1 atom stereocenters. The van der Waals surface area contributed by atoms with Gasteiger partial charge in [0.25, 0.3) is 0 Å². The van der Waals surface area contributed by atoms with Gasteiger partial charge in [-0.1, -0.05) is 0 Å². The van der Waals surface area contributed by atoms with E-state index in [0.717, 1.165) is 22.4 Å². The minimum absolute atomic E-state index is 0.249. The first-order valence-electron chi connectivity index (χ1n) is 9.87. The molecule has 0 fully saturated rings. The fourth-order valence-electron chi connectivity index (χ4n) is 3.46. The van der Waals surface area contributed by atoms with Crippen LogP contribution in [-0.4, -0.2) is 51.4 Å². The van der Waals surface area contributed by atoms with Crippen molar-refractivity contribution in [3.8, 4) is 17.2 Å². The van der Waals surface area contributed by atoms with E-state index in [1.54, 1.807) is 26.3 Å². The SMILES string of the molecule is CNC(=O)NCCOc1c(C)cc(C2=Nc3cc(OC)cc(OC)c3C(O)N2)cc1C. The number of hydrogen-bond donors (Lipinski definition) is 4. The molecule has 0 spiro atoms. The van der Waals surface area contributed by atoms with Gasteiger partial charge in [-0.25, -0.2) is 9.79 Å². The minimum atomic E-state index is -0.976. The summed E-state index contributed by atoms with van der Waals surface area (Å²) >= 11 is 0. The fourth-order valence-corrected chi connectivity index (χ4v) is 3.46. The average molecular weight is 428 g/mol. The van der Waals surface area contributed by atoms with Gasteiger partial charge in [-0.15, -0.1) is 0 Å². The van der Waals surface area contributed by atoms with E-state index >= 15 is 0 Å². The Hall–Kier alpha value is -3.46. The molecule has 2 amide bonds. The minimum Gasteiger partial charge on any atom is -0.497 e. The van der Waals surface area contributed by atoms with Gasteiger partial charge in [0.05, 0.1) is 32.0 Å². The number of amidine groups is 1. The molecule has 0 radical (unpaired) electrons. The number of carbonyl (C=O) groups excluding carboxylic acids is 1. The molecule has 0 saturated heterocycles. The highest BCUT2D eigenvalue weighted by Crippen LogP contribution is 2.40. The molecule has 2 aromatic carbocycles. The van der Waals surface area contributed by atoms with Crippen molar-refractivity contribution in [3.05, 3.63) is 46.5 Å². The summed E-state index contributed by atoms with van der Waals surface area (Å²) in [7, 11) is 4.67. The van der Waals surface area contributed by atoms with E-state index in [9.17, 15) is 9.90 Å². The van der Waals surface area contributed by atoms with Gasteiger partial charge in [0, 0.05) is 24.7 Å². The molecule has 1 aliphatic rings. The molecule has 1 heterocycles. The zero-order chi connectivity index (χ0) is 22.5. The van der Waals surface area contributed by atoms with Crippen molar-refractivity contribution in [1.29, 1.82) is 0 Å². The topological polar surface area (TPSA) is 113 Å². The van der Waals surface area contributed by atoms with Crippen LogP contribution in [0.4, 0.5) is 10.5 Å². The van der Waals surface area contributed by atoms with Crippen molar-refractivity contribution < 1.29 is 24.1 Å². The number of rotatable bonds is 7. The molecule has 0 bridgehead atoms. The van der Waals surface area contributed by atoms with E-state index < -0.39 is 6.23 Å². The summed E-state index contributed by atoms with van der Waals surface area (Å²) in [5, 5.41) is 18.9. The van der Waals surface area contributed by atoms with Gasteiger partial charge in [-0.3, -0.25) is 0 Å². The number of hydrogen-bond acceptors (Lipinski definition) is 7.